The molecule has 0 unspecified atom stereocenters. The Bertz CT molecular complexity index is 1170. The van der Waals surface area contributed by atoms with Crippen LogP contribution < -0.4 is 5.32 Å². The molecule has 1 N–H and O–H groups in total. The molecule has 0 bridgehead atoms. The molecule has 6 heteroatoms. The van der Waals surface area contributed by atoms with Gasteiger partial charge < -0.3 is 9.73 Å². The number of fused-ring (bicyclic) bond motifs is 1. The molecule has 0 fully saturated rings. The number of halogens is 2. The van der Waals surface area contributed by atoms with E-state index in [4.69, 9.17) is 27.6 Å². The van der Waals surface area contributed by atoms with Gasteiger partial charge in [0.2, 0.25) is 5.89 Å². The van der Waals surface area contributed by atoms with Crippen LogP contribution in [-0.4, -0.2) is 10.9 Å². The summed E-state index contributed by atoms with van der Waals surface area (Å²) in [6.45, 7) is 2.00. The first-order valence-electron chi connectivity index (χ1n) is 8.23. The van der Waals surface area contributed by atoms with Gasteiger partial charge in [-0.1, -0.05) is 35.3 Å². The van der Waals surface area contributed by atoms with Crippen molar-refractivity contribution in [1.29, 1.82) is 0 Å². The van der Waals surface area contributed by atoms with Crippen LogP contribution in [0.1, 0.15) is 15.9 Å². The highest BCUT2D eigenvalue weighted by Gasteiger charge is 2.12. The van der Waals surface area contributed by atoms with Crippen molar-refractivity contribution in [1.82, 2.24) is 4.98 Å². The number of rotatable bonds is 3. The zero-order chi connectivity index (χ0) is 19.0. The topological polar surface area (TPSA) is 55.1 Å². The minimum absolute atomic E-state index is 0.279. The fourth-order valence-electron chi connectivity index (χ4n) is 2.73. The first kappa shape index (κ1) is 17.6. The number of oxazole rings is 1. The van der Waals surface area contributed by atoms with Crippen molar-refractivity contribution in [3.05, 3.63) is 81.8 Å². The van der Waals surface area contributed by atoms with E-state index < -0.39 is 0 Å². The smallest absolute Gasteiger partial charge is 0.255 e. The Hall–Kier alpha value is -2.82. The summed E-state index contributed by atoms with van der Waals surface area (Å²) in [7, 11) is 0. The second-order valence-electron chi connectivity index (χ2n) is 6.15. The van der Waals surface area contributed by atoms with Crippen LogP contribution in [0.25, 0.3) is 22.6 Å². The highest BCUT2D eigenvalue weighted by Crippen LogP contribution is 2.27. The molecule has 0 saturated heterocycles. The predicted octanol–water partition coefficient (Wildman–Crippen LogP) is 6.36. The van der Waals surface area contributed by atoms with E-state index in [0.29, 0.717) is 27.2 Å². The standard InChI is InChI=1S/C21H14Cl2N2O2/c1-12-5-8-18-19(9-12)27-21(25-18)14-3-2-4-15(10-14)24-20(26)13-6-7-16(22)17(23)11-13/h2-11H,1H3,(H,24,26). The number of carbonyl (C=O) groups excluding carboxylic acids is 1. The third kappa shape index (κ3) is 3.68. The average molecular weight is 397 g/mol. The lowest BCUT2D eigenvalue weighted by Gasteiger charge is -2.07. The van der Waals surface area contributed by atoms with Gasteiger partial charge in [-0.15, -0.1) is 0 Å². The molecule has 27 heavy (non-hydrogen) atoms. The monoisotopic (exact) mass is 396 g/mol. The second kappa shape index (κ2) is 7.06. The molecule has 0 spiro atoms. The Morgan fingerprint density at radius 1 is 1.00 bits per heavy atom. The van der Waals surface area contributed by atoms with Gasteiger partial charge in [0.1, 0.15) is 5.52 Å². The van der Waals surface area contributed by atoms with E-state index in [1.165, 1.54) is 6.07 Å². The summed E-state index contributed by atoms with van der Waals surface area (Å²) >= 11 is 11.9. The number of anilines is 1. The summed E-state index contributed by atoms with van der Waals surface area (Å²) in [6.07, 6.45) is 0. The summed E-state index contributed by atoms with van der Waals surface area (Å²) in [5.41, 5.74) is 4.45. The van der Waals surface area contributed by atoms with E-state index in [1.807, 2.05) is 43.3 Å². The maximum Gasteiger partial charge on any atom is 0.255 e. The van der Waals surface area contributed by atoms with Crippen LogP contribution in [0.2, 0.25) is 10.0 Å². The molecule has 0 saturated carbocycles. The predicted molar refractivity (Wildman–Crippen MR) is 109 cm³/mol. The average Bonchev–Trinajstić information content (AvgIpc) is 3.07. The van der Waals surface area contributed by atoms with Gasteiger partial charge in [0.05, 0.1) is 10.0 Å². The lowest BCUT2D eigenvalue weighted by Crippen LogP contribution is -2.11. The van der Waals surface area contributed by atoms with Gasteiger partial charge in [-0.3, -0.25) is 4.79 Å². The van der Waals surface area contributed by atoms with Gasteiger partial charge in [0.15, 0.2) is 5.58 Å². The van der Waals surface area contributed by atoms with Crippen molar-refractivity contribution in [3.63, 3.8) is 0 Å². The summed E-state index contributed by atoms with van der Waals surface area (Å²) in [4.78, 5) is 17.0. The largest absolute Gasteiger partial charge is 0.436 e. The van der Waals surface area contributed by atoms with Gasteiger partial charge in [-0.05, 0) is 61.0 Å². The zero-order valence-corrected chi connectivity index (χ0v) is 15.8. The summed E-state index contributed by atoms with van der Waals surface area (Å²) < 4.78 is 5.85. The lowest BCUT2D eigenvalue weighted by atomic mass is 10.1. The maximum absolute atomic E-state index is 12.5. The van der Waals surface area contributed by atoms with Crippen LogP contribution in [0, 0.1) is 6.92 Å². The first-order valence-corrected chi connectivity index (χ1v) is 8.99. The van der Waals surface area contributed by atoms with Crippen molar-refractivity contribution < 1.29 is 9.21 Å². The second-order valence-corrected chi connectivity index (χ2v) is 6.97. The van der Waals surface area contributed by atoms with Crippen LogP contribution in [0.4, 0.5) is 5.69 Å². The van der Waals surface area contributed by atoms with Crippen molar-refractivity contribution in [2.24, 2.45) is 0 Å². The van der Waals surface area contributed by atoms with Crippen LogP contribution in [-0.2, 0) is 0 Å². The molecular formula is C21H14Cl2N2O2. The molecule has 4 nitrogen and oxygen atoms in total. The van der Waals surface area contributed by atoms with Crippen LogP contribution >= 0.6 is 23.2 Å². The van der Waals surface area contributed by atoms with E-state index in [1.54, 1.807) is 18.2 Å². The van der Waals surface area contributed by atoms with Crippen molar-refractivity contribution in [3.8, 4) is 11.5 Å². The van der Waals surface area contributed by atoms with Crippen molar-refractivity contribution in [2.75, 3.05) is 5.32 Å². The Morgan fingerprint density at radius 3 is 2.67 bits per heavy atom. The highest BCUT2D eigenvalue weighted by atomic mass is 35.5. The van der Waals surface area contributed by atoms with E-state index in [-0.39, 0.29) is 5.91 Å². The molecule has 1 aromatic heterocycles. The number of aromatic nitrogens is 1. The Balaban J connectivity index is 1.61. The first-order chi connectivity index (χ1) is 13.0. The van der Waals surface area contributed by atoms with E-state index in [9.17, 15) is 4.79 Å². The molecule has 1 amide bonds. The molecular weight excluding hydrogens is 383 g/mol. The molecule has 0 aliphatic rings. The number of amides is 1. The molecule has 0 aliphatic heterocycles. The van der Waals surface area contributed by atoms with E-state index >= 15 is 0 Å². The van der Waals surface area contributed by atoms with Crippen LogP contribution in [0.3, 0.4) is 0 Å². The van der Waals surface area contributed by atoms with Gasteiger partial charge in [0, 0.05) is 16.8 Å². The Morgan fingerprint density at radius 2 is 1.85 bits per heavy atom. The number of aryl methyl sites for hydroxylation is 1. The van der Waals surface area contributed by atoms with Crippen LogP contribution in [0.5, 0.6) is 0 Å². The zero-order valence-electron chi connectivity index (χ0n) is 14.3. The number of nitrogens with one attached hydrogen (secondary N) is 1. The summed E-state index contributed by atoms with van der Waals surface area (Å²) in [5.74, 6) is 0.222. The minimum atomic E-state index is -0.279. The minimum Gasteiger partial charge on any atom is -0.436 e. The van der Waals surface area contributed by atoms with Gasteiger partial charge in [-0.2, -0.15) is 0 Å². The molecule has 4 aromatic rings. The molecule has 0 aliphatic carbocycles. The summed E-state index contributed by atoms with van der Waals surface area (Å²) in [6, 6.07) is 17.9. The Kier molecular flexibility index (Phi) is 4.60. The molecule has 3 aromatic carbocycles. The Labute approximate surface area is 165 Å². The molecule has 134 valence electrons. The van der Waals surface area contributed by atoms with E-state index in [0.717, 1.165) is 22.2 Å². The fraction of sp³-hybridized carbons (Fsp3) is 0.0476. The number of hydrogen-bond donors (Lipinski definition) is 1. The number of carbonyl (C=O) groups is 1. The third-order valence-corrected chi connectivity index (χ3v) is 4.83. The normalized spacial score (nSPS) is 10.9. The van der Waals surface area contributed by atoms with Gasteiger partial charge in [-0.25, -0.2) is 4.98 Å². The van der Waals surface area contributed by atoms with Crippen molar-refractivity contribution >= 4 is 45.9 Å². The third-order valence-electron chi connectivity index (χ3n) is 4.09. The lowest BCUT2D eigenvalue weighted by molar-refractivity contribution is 0.102. The van der Waals surface area contributed by atoms with Gasteiger partial charge >= 0.3 is 0 Å². The molecule has 0 atom stereocenters. The number of benzene rings is 3. The summed E-state index contributed by atoms with van der Waals surface area (Å²) in [5, 5.41) is 3.59. The van der Waals surface area contributed by atoms with E-state index in [2.05, 4.69) is 10.3 Å². The SMILES string of the molecule is Cc1ccc2nc(-c3cccc(NC(=O)c4ccc(Cl)c(Cl)c4)c3)oc2c1. The van der Waals surface area contributed by atoms with Crippen LogP contribution in [0.15, 0.2) is 65.1 Å². The maximum atomic E-state index is 12.5. The fourth-order valence-corrected chi connectivity index (χ4v) is 3.02. The molecule has 1 heterocycles. The van der Waals surface area contributed by atoms with Gasteiger partial charge in [0.25, 0.3) is 5.91 Å². The van der Waals surface area contributed by atoms with Crippen molar-refractivity contribution in [2.45, 2.75) is 6.92 Å². The highest BCUT2D eigenvalue weighted by molar-refractivity contribution is 6.42. The number of hydrogen-bond acceptors (Lipinski definition) is 3. The molecule has 0 radical (unpaired) electrons. The number of nitrogens with zero attached hydrogens (tertiary/aromatic N) is 1. The molecule has 4 rings (SSSR count). The quantitative estimate of drug-likeness (QED) is 0.438.